The lowest BCUT2D eigenvalue weighted by atomic mass is 10.0. The number of rotatable bonds is 5. The molecule has 1 aliphatic carbocycles. The summed E-state index contributed by atoms with van der Waals surface area (Å²) in [7, 11) is -1.52. The van der Waals surface area contributed by atoms with Crippen molar-refractivity contribution in [2.24, 2.45) is 5.92 Å². The van der Waals surface area contributed by atoms with Crippen LogP contribution < -0.4 is 10.5 Å². The van der Waals surface area contributed by atoms with Gasteiger partial charge in [-0.1, -0.05) is 18.0 Å². The van der Waals surface area contributed by atoms with Gasteiger partial charge in [0.05, 0.1) is 21.9 Å². The number of fused-ring (bicyclic) bond motifs is 1. The summed E-state index contributed by atoms with van der Waals surface area (Å²) in [5.74, 6) is 0.936. The van der Waals surface area contributed by atoms with Crippen molar-refractivity contribution in [1.29, 1.82) is 0 Å². The number of aromatic amines is 1. The molecule has 0 atom stereocenters. The first kappa shape index (κ1) is 23.1. The van der Waals surface area contributed by atoms with Gasteiger partial charge in [-0.05, 0) is 63.4 Å². The van der Waals surface area contributed by atoms with Crippen molar-refractivity contribution < 1.29 is 12.9 Å². The molecule has 1 aromatic carbocycles. The number of hydrogen-bond donors (Lipinski definition) is 1. The maximum atomic E-state index is 13.8. The SMILES string of the molecule is Cc1noc(C)c1-c1cc(S(=O)(=O)CC2CCCC2)c2cc(N3CCN(C)CC3)c(=O)[nH]c2c1. The molecule has 1 saturated carbocycles. The number of pyridine rings is 1. The van der Waals surface area contributed by atoms with E-state index >= 15 is 0 Å². The number of nitrogens with one attached hydrogen (secondary N) is 1. The third-order valence-electron chi connectivity index (χ3n) is 7.33. The highest BCUT2D eigenvalue weighted by atomic mass is 32.2. The summed E-state index contributed by atoms with van der Waals surface area (Å²) in [6, 6.07) is 5.36. The van der Waals surface area contributed by atoms with Crippen LogP contribution in [0.25, 0.3) is 22.0 Å². The lowest BCUT2D eigenvalue weighted by Crippen LogP contribution is -2.46. The van der Waals surface area contributed by atoms with Crippen LogP contribution in [0.15, 0.2) is 32.4 Å². The Balaban J connectivity index is 1.69. The summed E-state index contributed by atoms with van der Waals surface area (Å²) in [6.45, 7) is 6.82. The summed E-state index contributed by atoms with van der Waals surface area (Å²) in [5, 5.41) is 4.61. The number of aryl methyl sites for hydroxylation is 2. The standard InChI is InChI=1S/C25H32N4O4S/c1-16-24(17(2)33-27-16)19-12-21-20(23(13-19)34(31,32)15-18-6-4-5-7-18)14-22(25(30)26-21)29-10-8-28(3)9-11-29/h12-14,18H,4-11,15H2,1-3H3,(H,26,30). The largest absolute Gasteiger partial charge is 0.365 e. The molecule has 0 spiro atoms. The Kier molecular flexibility index (Phi) is 6.02. The van der Waals surface area contributed by atoms with Gasteiger partial charge < -0.3 is 19.3 Å². The van der Waals surface area contributed by atoms with Gasteiger partial charge in [-0.15, -0.1) is 0 Å². The van der Waals surface area contributed by atoms with E-state index in [1.165, 1.54) is 0 Å². The summed E-state index contributed by atoms with van der Waals surface area (Å²) in [6.07, 6.45) is 4.07. The number of anilines is 1. The molecule has 3 aromatic rings. The Bertz CT molecular complexity index is 1360. The number of aromatic nitrogens is 2. The van der Waals surface area contributed by atoms with E-state index in [1.807, 2.05) is 24.8 Å². The minimum Gasteiger partial charge on any atom is -0.365 e. The van der Waals surface area contributed by atoms with Gasteiger partial charge in [0.25, 0.3) is 5.56 Å². The highest BCUT2D eigenvalue weighted by Gasteiger charge is 2.28. The van der Waals surface area contributed by atoms with Gasteiger partial charge in [0.15, 0.2) is 9.84 Å². The van der Waals surface area contributed by atoms with E-state index in [1.54, 1.807) is 12.1 Å². The van der Waals surface area contributed by atoms with Crippen LogP contribution in [0.1, 0.15) is 37.1 Å². The molecule has 0 bridgehead atoms. The molecule has 2 fully saturated rings. The van der Waals surface area contributed by atoms with Crippen molar-refractivity contribution >= 4 is 26.4 Å². The first-order valence-corrected chi connectivity index (χ1v) is 13.7. The number of benzene rings is 1. The number of H-pyrrole nitrogens is 1. The van der Waals surface area contributed by atoms with Crippen LogP contribution in [-0.2, 0) is 9.84 Å². The van der Waals surface area contributed by atoms with Crippen LogP contribution in [0.2, 0.25) is 0 Å². The molecule has 1 N–H and O–H groups in total. The molecule has 9 heteroatoms. The van der Waals surface area contributed by atoms with Gasteiger partial charge in [-0.2, -0.15) is 0 Å². The highest BCUT2D eigenvalue weighted by Crippen LogP contribution is 2.36. The fraction of sp³-hybridized carbons (Fsp3) is 0.520. The Hall–Kier alpha value is -2.65. The molecule has 3 heterocycles. The first-order chi connectivity index (χ1) is 16.2. The average molecular weight is 485 g/mol. The Morgan fingerprint density at radius 3 is 2.44 bits per heavy atom. The molecular formula is C25H32N4O4S. The van der Waals surface area contributed by atoms with Gasteiger partial charge in [0, 0.05) is 37.1 Å². The monoisotopic (exact) mass is 484 g/mol. The summed E-state index contributed by atoms with van der Waals surface area (Å²) >= 11 is 0. The molecule has 0 amide bonds. The van der Waals surface area contributed by atoms with E-state index in [2.05, 4.69) is 22.1 Å². The van der Waals surface area contributed by atoms with Gasteiger partial charge in [-0.25, -0.2) is 8.42 Å². The van der Waals surface area contributed by atoms with Gasteiger partial charge >= 0.3 is 0 Å². The van der Waals surface area contributed by atoms with Crippen molar-refractivity contribution in [3.63, 3.8) is 0 Å². The van der Waals surface area contributed by atoms with E-state index in [-0.39, 0.29) is 22.1 Å². The number of piperazine rings is 1. The lowest BCUT2D eigenvalue weighted by Gasteiger charge is -2.33. The van der Waals surface area contributed by atoms with E-state index in [0.717, 1.165) is 57.4 Å². The zero-order chi connectivity index (χ0) is 24.0. The molecule has 1 saturated heterocycles. The second kappa shape index (κ2) is 8.85. The van der Waals surface area contributed by atoms with Crippen LogP contribution in [0.5, 0.6) is 0 Å². The van der Waals surface area contributed by atoms with Gasteiger partial charge in [-0.3, -0.25) is 4.79 Å². The Morgan fingerprint density at radius 2 is 1.79 bits per heavy atom. The van der Waals surface area contributed by atoms with Gasteiger partial charge in [0.1, 0.15) is 11.4 Å². The molecule has 5 rings (SSSR count). The summed E-state index contributed by atoms with van der Waals surface area (Å²) in [4.78, 5) is 20.6. The zero-order valence-electron chi connectivity index (χ0n) is 20.1. The minimum atomic E-state index is -3.58. The normalized spacial score (nSPS) is 18.3. The van der Waals surface area contributed by atoms with Crippen LogP contribution in [0, 0.1) is 19.8 Å². The quantitative estimate of drug-likeness (QED) is 0.591. The second-order valence-corrected chi connectivity index (χ2v) is 11.8. The maximum absolute atomic E-state index is 13.8. The lowest BCUT2D eigenvalue weighted by molar-refractivity contribution is 0.312. The van der Waals surface area contributed by atoms with Crippen LogP contribution in [-0.4, -0.2) is 62.4 Å². The van der Waals surface area contributed by atoms with Crippen LogP contribution >= 0.6 is 0 Å². The highest BCUT2D eigenvalue weighted by molar-refractivity contribution is 7.91. The number of sulfone groups is 1. The fourth-order valence-corrected chi connectivity index (χ4v) is 7.37. The van der Waals surface area contributed by atoms with Crippen LogP contribution in [0.3, 0.4) is 0 Å². The zero-order valence-corrected chi connectivity index (χ0v) is 20.9. The Morgan fingerprint density at radius 1 is 1.09 bits per heavy atom. The summed E-state index contributed by atoms with van der Waals surface area (Å²) in [5.41, 5.74) is 2.99. The molecule has 2 aromatic heterocycles. The number of hydrogen-bond acceptors (Lipinski definition) is 7. The smallest absolute Gasteiger partial charge is 0.271 e. The van der Waals surface area contributed by atoms with Crippen molar-refractivity contribution in [1.82, 2.24) is 15.0 Å². The molecule has 2 aliphatic rings. The topological polar surface area (TPSA) is 99.5 Å². The average Bonchev–Trinajstić information content (AvgIpc) is 3.42. The minimum absolute atomic E-state index is 0.135. The third kappa shape index (κ3) is 4.27. The van der Waals surface area contributed by atoms with Crippen molar-refractivity contribution in [2.45, 2.75) is 44.4 Å². The molecular weight excluding hydrogens is 452 g/mol. The van der Waals surface area contributed by atoms with E-state index in [9.17, 15) is 13.2 Å². The molecule has 1 aliphatic heterocycles. The molecule has 34 heavy (non-hydrogen) atoms. The fourth-order valence-electron chi connectivity index (χ4n) is 5.42. The number of nitrogens with zero attached hydrogens (tertiary/aromatic N) is 3. The van der Waals surface area contributed by atoms with Crippen molar-refractivity contribution in [3.8, 4) is 11.1 Å². The predicted octanol–water partition coefficient (Wildman–Crippen LogP) is 3.52. The molecule has 0 radical (unpaired) electrons. The van der Waals surface area contributed by atoms with Crippen LogP contribution in [0.4, 0.5) is 5.69 Å². The Labute approximate surface area is 199 Å². The van der Waals surface area contributed by atoms with Crippen molar-refractivity contribution in [3.05, 3.63) is 40.0 Å². The van der Waals surface area contributed by atoms with E-state index < -0.39 is 9.84 Å². The molecule has 182 valence electrons. The van der Waals surface area contributed by atoms with Crippen molar-refractivity contribution in [2.75, 3.05) is 43.9 Å². The second-order valence-electron chi connectivity index (χ2n) is 9.84. The predicted molar refractivity (Wildman–Crippen MR) is 133 cm³/mol. The molecule has 8 nitrogen and oxygen atoms in total. The molecule has 0 unspecified atom stereocenters. The number of likely N-dealkylation sites (N-methyl/N-ethyl adjacent to an activating group) is 1. The van der Waals surface area contributed by atoms with Gasteiger partial charge in [0.2, 0.25) is 0 Å². The summed E-state index contributed by atoms with van der Waals surface area (Å²) < 4.78 is 32.9. The van der Waals surface area contributed by atoms with E-state index in [0.29, 0.717) is 33.6 Å². The van der Waals surface area contributed by atoms with E-state index in [4.69, 9.17) is 4.52 Å². The third-order valence-corrected chi connectivity index (χ3v) is 9.25. The maximum Gasteiger partial charge on any atom is 0.271 e. The first-order valence-electron chi connectivity index (χ1n) is 12.0.